The summed E-state index contributed by atoms with van der Waals surface area (Å²) in [4.78, 5) is 36.7. The number of amides is 1. The predicted molar refractivity (Wildman–Crippen MR) is 110 cm³/mol. The maximum absolute atomic E-state index is 13.7. The summed E-state index contributed by atoms with van der Waals surface area (Å²) >= 11 is 0. The van der Waals surface area contributed by atoms with Crippen molar-refractivity contribution in [1.82, 2.24) is 24.9 Å². The number of rotatable bonds is 7. The third kappa shape index (κ3) is 5.07. The van der Waals surface area contributed by atoms with Crippen molar-refractivity contribution in [1.29, 1.82) is 0 Å². The van der Waals surface area contributed by atoms with Gasteiger partial charge in [-0.25, -0.2) is 20.4 Å². The molecule has 0 aliphatic heterocycles. The lowest BCUT2D eigenvalue weighted by Crippen LogP contribution is -2.26. The van der Waals surface area contributed by atoms with E-state index in [1.54, 1.807) is 12.1 Å². The molecule has 0 bridgehead atoms. The Morgan fingerprint density at radius 1 is 1.32 bits per heavy atom. The Labute approximate surface area is 176 Å². The summed E-state index contributed by atoms with van der Waals surface area (Å²) < 4.78 is 25.2. The standard InChI is InChI=1S/C20H19FN6O4/c1-4-31-16-6-5-12(8-22-16)17-20(29)27(2)11-15(25-17)19(28)26-24-9-13-7-14(30-3)10-23-18(13)21/h5-11H,4H2,1-3H3,(H,26,28)/b24-9+. The molecule has 160 valence electrons. The first kappa shape index (κ1) is 21.6. The van der Waals surface area contributed by atoms with Crippen LogP contribution in [0.2, 0.25) is 0 Å². The monoisotopic (exact) mass is 426 g/mol. The molecule has 0 atom stereocenters. The summed E-state index contributed by atoms with van der Waals surface area (Å²) in [6.07, 6.45) is 5.01. The van der Waals surface area contributed by atoms with Crippen LogP contribution in [0.3, 0.4) is 0 Å². The van der Waals surface area contributed by atoms with E-state index < -0.39 is 17.4 Å². The first-order chi connectivity index (χ1) is 14.9. The number of hydrogen-bond acceptors (Lipinski definition) is 8. The fourth-order valence-electron chi connectivity index (χ4n) is 2.52. The van der Waals surface area contributed by atoms with Gasteiger partial charge in [-0.1, -0.05) is 0 Å². The molecule has 0 aliphatic carbocycles. The normalized spacial score (nSPS) is 10.8. The Balaban J connectivity index is 1.83. The van der Waals surface area contributed by atoms with Crippen molar-refractivity contribution in [2.75, 3.05) is 13.7 Å². The van der Waals surface area contributed by atoms with Crippen LogP contribution in [-0.4, -0.2) is 45.4 Å². The van der Waals surface area contributed by atoms with Crippen molar-refractivity contribution < 1.29 is 18.7 Å². The molecule has 0 aliphatic rings. The molecular formula is C20H19FN6O4. The van der Waals surface area contributed by atoms with Crippen molar-refractivity contribution in [2.45, 2.75) is 6.92 Å². The number of hydrogen-bond donors (Lipinski definition) is 1. The van der Waals surface area contributed by atoms with E-state index in [4.69, 9.17) is 9.47 Å². The highest BCUT2D eigenvalue weighted by Crippen LogP contribution is 2.16. The number of methoxy groups -OCH3 is 1. The van der Waals surface area contributed by atoms with Crippen molar-refractivity contribution in [3.05, 3.63) is 64.3 Å². The Morgan fingerprint density at radius 2 is 2.13 bits per heavy atom. The van der Waals surface area contributed by atoms with E-state index in [0.29, 0.717) is 23.8 Å². The summed E-state index contributed by atoms with van der Waals surface area (Å²) in [5, 5.41) is 3.72. The van der Waals surface area contributed by atoms with Crippen LogP contribution in [-0.2, 0) is 7.05 Å². The zero-order valence-corrected chi connectivity index (χ0v) is 17.0. The zero-order chi connectivity index (χ0) is 22.4. The van der Waals surface area contributed by atoms with Gasteiger partial charge in [0.1, 0.15) is 17.1 Å². The van der Waals surface area contributed by atoms with Gasteiger partial charge in [-0.3, -0.25) is 9.59 Å². The number of pyridine rings is 2. The zero-order valence-electron chi connectivity index (χ0n) is 17.0. The quantitative estimate of drug-likeness (QED) is 0.346. The fourth-order valence-corrected chi connectivity index (χ4v) is 2.52. The Kier molecular flexibility index (Phi) is 6.65. The topological polar surface area (TPSA) is 121 Å². The van der Waals surface area contributed by atoms with E-state index >= 15 is 0 Å². The second kappa shape index (κ2) is 9.57. The third-order valence-corrected chi connectivity index (χ3v) is 4.05. The van der Waals surface area contributed by atoms with Gasteiger partial charge in [-0.2, -0.15) is 9.49 Å². The molecule has 0 saturated carbocycles. The molecule has 3 aromatic rings. The second-order valence-corrected chi connectivity index (χ2v) is 6.16. The lowest BCUT2D eigenvalue weighted by Gasteiger charge is -2.07. The molecule has 31 heavy (non-hydrogen) atoms. The van der Waals surface area contributed by atoms with Gasteiger partial charge in [0.2, 0.25) is 11.8 Å². The first-order valence-electron chi connectivity index (χ1n) is 9.12. The Hall–Kier alpha value is -4.15. The van der Waals surface area contributed by atoms with Crippen molar-refractivity contribution >= 4 is 12.1 Å². The summed E-state index contributed by atoms with van der Waals surface area (Å²) in [6, 6.07) is 4.60. The van der Waals surface area contributed by atoms with E-state index in [-0.39, 0.29) is 17.0 Å². The molecule has 3 heterocycles. The molecule has 0 unspecified atom stereocenters. The SMILES string of the molecule is CCOc1ccc(-c2nc(C(=O)N/N=C/c3cc(OC)cnc3F)cn(C)c2=O)cn1. The van der Waals surface area contributed by atoms with E-state index in [1.165, 1.54) is 43.4 Å². The molecule has 10 nitrogen and oxygen atoms in total. The largest absolute Gasteiger partial charge is 0.495 e. The molecule has 0 fully saturated rings. The van der Waals surface area contributed by atoms with Gasteiger partial charge in [0.25, 0.3) is 11.5 Å². The van der Waals surface area contributed by atoms with Gasteiger partial charge < -0.3 is 14.0 Å². The van der Waals surface area contributed by atoms with E-state index in [2.05, 4.69) is 25.5 Å². The summed E-state index contributed by atoms with van der Waals surface area (Å²) in [6.45, 7) is 2.29. The minimum absolute atomic E-state index is 0.0224. The summed E-state index contributed by atoms with van der Waals surface area (Å²) in [5.41, 5.74) is 2.26. The van der Waals surface area contributed by atoms with E-state index in [1.807, 2.05) is 6.92 Å². The molecule has 11 heteroatoms. The van der Waals surface area contributed by atoms with Gasteiger partial charge in [-0.15, -0.1) is 0 Å². The first-order valence-corrected chi connectivity index (χ1v) is 9.12. The Bertz CT molecular complexity index is 1180. The smallest absolute Gasteiger partial charge is 0.291 e. The molecule has 0 radical (unpaired) electrons. The highest BCUT2D eigenvalue weighted by atomic mass is 19.1. The number of nitrogens with one attached hydrogen (secondary N) is 1. The molecule has 1 amide bonds. The number of halogens is 1. The minimum atomic E-state index is -0.774. The molecule has 0 aromatic carbocycles. The second-order valence-electron chi connectivity index (χ2n) is 6.16. The van der Waals surface area contributed by atoms with Crippen LogP contribution in [0.5, 0.6) is 11.6 Å². The molecule has 3 aromatic heterocycles. The van der Waals surface area contributed by atoms with E-state index in [0.717, 1.165) is 6.21 Å². The molecule has 3 rings (SSSR count). The summed E-state index contributed by atoms with van der Waals surface area (Å²) in [7, 11) is 2.91. The number of ether oxygens (including phenoxy) is 2. The minimum Gasteiger partial charge on any atom is -0.495 e. The van der Waals surface area contributed by atoms with Crippen LogP contribution < -0.4 is 20.5 Å². The van der Waals surface area contributed by atoms with Gasteiger partial charge in [0, 0.05) is 31.1 Å². The van der Waals surface area contributed by atoms with Crippen LogP contribution in [0.15, 0.2) is 46.7 Å². The molecular weight excluding hydrogens is 407 g/mol. The average molecular weight is 426 g/mol. The molecule has 0 spiro atoms. The average Bonchev–Trinajstić information content (AvgIpc) is 2.77. The number of aromatic nitrogens is 4. The lowest BCUT2D eigenvalue weighted by atomic mass is 10.2. The number of carbonyl (C=O) groups is 1. The van der Waals surface area contributed by atoms with E-state index in [9.17, 15) is 14.0 Å². The number of aryl methyl sites for hydroxylation is 1. The highest BCUT2D eigenvalue weighted by molar-refractivity contribution is 5.93. The van der Waals surface area contributed by atoms with Crippen LogP contribution in [0.25, 0.3) is 11.3 Å². The highest BCUT2D eigenvalue weighted by Gasteiger charge is 2.15. The van der Waals surface area contributed by atoms with Gasteiger partial charge in [0.15, 0.2) is 0 Å². The molecule has 0 saturated heterocycles. The van der Waals surface area contributed by atoms with Gasteiger partial charge >= 0.3 is 0 Å². The third-order valence-electron chi connectivity index (χ3n) is 4.05. The van der Waals surface area contributed by atoms with Gasteiger partial charge in [-0.05, 0) is 19.1 Å². The van der Waals surface area contributed by atoms with Crippen molar-refractivity contribution in [2.24, 2.45) is 12.1 Å². The lowest BCUT2D eigenvalue weighted by molar-refractivity contribution is 0.0949. The predicted octanol–water partition coefficient (Wildman–Crippen LogP) is 1.55. The van der Waals surface area contributed by atoms with Crippen molar-refractivity contribution in [3.8, 4) is 22.9 Å². The van der Waals surface area contributed by atoms with Crippen LogP contribution in [0, 0.1) is 5.95 Å². The number of carbonyl (C=O) groups excluding carboxylic acids is 1. The Morgan fingerprint density at radius 3 is 2.81 bits per heavy atom. The van der Waals surface area contributed by atoms with Gasteiger partial charge in [0.05, 0.1) is 31.7 Å². The maximum atomic E-state index is 13.7. The molecule has 1 N–H and O–H groups in total. The van der Waals surface area contributed by atoms with Crippen LogP contribution >= 0.6 is 0 Å². The fraction of sp³-hybridized carbons (Fsp3) is 0.200. The number of hydrazone groups is 1. The van der Waals surface area contributed by atoms with Crippen LogP contribution in [0.4, 0.5) is 4.39 Å². The van der Waals surface area contributed by atoms with Crippen molar-refractivity contribution in [3.63, 3.8) is 0 Å². The number of nitrogens with zero attached hydrogens (tertiary/aromatic N) is 5. The maximum Gasteiger partial charge on any atom is 0.291 e. The van der Waals surface area contributed by atoms with Crippen LogP contribution in [0.1, 0.15) is 23.0 Å². The summed E-state index contributed by atoms with van der Waals surface area (Å²) in [5.74, 6) is -0.722.